The third kappa shape index (κ3) is 16.7. The number of hydrogen-bond acceptors (Lipinski definition) is 4. The number of unbranched alkanes of at least 4 members (excludes halogenated alkanes) is 10. The fourth-order valence-corrected chi connectivity index (χ4v) is 2.87. The Balaban J connectivity index is 2.90. The Morgan fingerprint density at radius 2 is 1.22 bits per heavy atom. The highest BCUT2D eigenvalue weighted by Crippen LogP contribution is 2.23. The summed E-state index contributed by atoms with van der Waals surface area (Å²) in [6, 6.07) is 0. The van der Waals surface area contributed by atoms with Gasteiger partial charge in [-0.05, 0) is 18.5 Å². The van der Waals surface area contributed by atoms with E-state index in [1.54, 1.807) is 0 Å². The Bertz CT molecular complexity index is 159. The molecule has 0 fully saturated rings. The second-order valence-electron chi connectivity index (χ2n) is 4.66. The zero-order valence-corrected chi connectivity index (χ0v) is 13.3. The van der Waals surface area contributed by atoms with Crippen LogP contribution in [-0.4, -0.2) is 5.75 Å². The first kappa shape index (κ1) is 18.7. The van der Waals surface area contributed by atoms with Gasteiger partial charge in [0.2, 0.25) is 0 Å². The molecule has 3 nitrogen and oxygen atoms in total. The summed E-state index contributed by atoms with van der Waals surface area (Å²) in [5, 5.41) is 0. The summed E-state index contributed by atoms with van der Waals surface area (Å²) in [6.07, 6.45) is 14.4. The van der Waals surface area contributed by atoms with Gasteiger partial charge in [0.05, 0.1) is 0 Å². The van der Waals surface area contributed by atoms with E-state index < -0.39 is 8.60 Å². The van der Waals surface area contributed by atoms with Crippen molar-refractivity contribution in [3.63, 3.8) is 0 Å². The highest BCUT2D eigenvalue weighted by atomic mass is 32.2. The fourth-order valence-electron chi connectivity index (χ4n) is 1.91. The molecule has 0 atom stereocenters. The molecule has 0 aromatic carbocycles. The van der Waals surface area contributed by atoms with E-state index in [0.717, 1.165) is 24.2 Å². The second-order valence-corrected chi connectivity index (χ2v) is 6.34. The molecular formula is C13H27O3PS-2. The molecular weight excluding hydrogens is 267 g/mol. The van der Waals surface area contributed by atoms with Gasteiger partial charge < -0.3 is 13.8 Å². The van der Waals surface area contributed by atoms with Gasteiger partial charge in [-0.1, -0.05) is 71.1 Å². The van der Waals surface area contributed by atoms with E-state index in [-0.39, 0.29) is 0 Å². The summed E-state index contributed by atoms with van der Waals surface area (Å²) in [5.74, 6) is 0.778. The topological polar surface area (TPSA) is 55.3 Å². The van der Waals surface area contributed by atoms with Gasteiger partial charge >= 0.3 is 0 Å². The van der Waals surface area contributed by atoms with E-state index in [4.69, 9.17) is 0 Å². The van der Waals surface area contributed by atoms with E-state index >= 15 is 0 Å². The predicted octanol–water partition coefficient (Wildman–Crippen LogP) is 3.91. The average molecular weight is 294 g/mol. The molecule has 0 amide bonds. The average Bonchev–Trinajstić information content (AvgIpc) is 2.34. The van der Waals surface area contributed by atoms with Crippen molar-refractivity contribution >= 4 is 20.6 Å². The van der Waals surface area contributed by atoms with Gasteiger partial charge in [0, 0.05) is 5.75 Å². The molecule has 0 radical (unpaired) electrons. The van der Waals surface area contributed by atoms with Gasteiger partial charge in [-0.3, -0.25) is 0 Å². The molecule has 0 saturated heterocycles. The molecule has 0 aromatic rings. The molecule has 0 aliphatic rings. The minimum absolute atomic E-state index is 0.778. The van der Waals surface area contributed by atoms with Crippen LogP contribution in [0.2, 0.25) is 0 Å². The molecule has 0 aliphatic heterocycles. The van der Waals surface area contributed by atoms with Crippen molar-refractivity contribution in [2.24, 2.45) is 0 Å². The van der Waals surface area contributed by atoms with Crippen LogP contribution in [0.5, 0.6) is 0 Å². The summed E-state index contributed by atoms with van der Waals surface area (Å²) in [4.78, 5) is 20.2. The van der Waals surface area contributed by atoms with Crippen LogP contribution in [-0.2, 0) is 3.97 Å². The molecule has 0 heterocycles. The normalized spacial score (nSPS) is 11.3. The molecule has 0 bridgehead atoms. The highest BCUT2D eigenvalue weighted by Gasteiger charge is 1.93. The van der Waals surface area contributed by atoms with Crippen LogP contribution < -0.4 is 9.79 Å². The molecule has 0 aromatic heterocycles. The molecule has 5 heteroatoms. The van der Waals surface area contributed by atoms with Crippen LogP contribution in [0.4, 0.5) is 0 Å². The Labute approximate surface area is 118 Å². The summed E-state index contributed by atoms with van der Waals surface area (Å²) in [5.41, 5.74) is 0. The van der Waals surface area contributed by atoms with Crippen LogP contribution in [0.15, 0.2) is 0 Å². The van der Waals surface area contributed by atoms with Crippen LogP contribution in [0, 0.1) is 0 Å². The zero-order valence-electron chi connectivity index (χ0n) is 11.6. The smallest absolute Gasteiger partial charge is 0.0200 e. The third-order valence-electron chi connectivity index (χ3n) is 2.94. The van der Waals surface area contributed by atoms with Crippen molar-refractivity contribution in [3.05, 3.63) is 0 Å². The van der Waals surface area contributed by atoms with E-state index in [1.807, 2.05) is 0 Å². The maximum absolute atomic E-state index is 10.1. The molecule has 0 rings (SSSR count). The van der Waals surface area contributed by atoms with Crippen molar-refractivity contribution in [1.29, 1.82) is 0 Å². The number of rotatable bonds is 14. The van der Waals surface area contributed by atoms with Crippen molar-refractivity contribution in [2.45, 2.75) is 77.6 Å². The zero-order chi connectivity index (χ0) is 13.5. The standard InChI is InChI=1S/C13H27O3PS/c1-2-3-4-5-6-7-8-9-10-11-12-13-18-16-17(14)15/h2-13H2,1H3/q-2. The molecule has 0 saturated carbocycles. The molecule has 0 spiro atoms. The Kier molecular flexibility index (Phi) is 16.3. The summed E-state index contributed by atoms with van der Waals surface area (Å²) >= 11 is 1.04. The Morgan fingerprint density at radius 3 is 1.67 bits per heavy atom. The number of hydrogen-bond donors (Lipinski definition) is 0. The highest BCUT2D eigenvalue weighted by molar-refractivity contribution is 7.97. The SMILES string of the molecule is CCCCCCCCCCCCCSOP([O-])[O-]. The lowest BCUT2D eigenvalue weighted by Crippen LogP contribution is -2.07. The Hall–Kier alpha value is 0.660. The maximum atomic E-state index is 10.1. The second kappa shape index (κ2) is 15.7. The predicted molar refractivity (Wildman–Crippen MR) is 76.9 cm³/mol. The third-order valence-corrected chi connectivity index (χ3v) is 4.31. The molecule has 0 N–H and O–H groups in total. The lowest BCUT2D eigenvalue weighted by molar-refractivity contribution is -0.309. The summed E-state index contributed by atoms with van der Waals surface area (Å²) in [7, 11) is -2.68. The van der Waals surface area contributed by atoms with Gasteiger partial charge in [0.25, 0.3) is 0 Å². The van der Waals surface area contributed by atoms with E-state index in [1.165, 1.54) is 64.2 Å². The summed E-state index contributed by atoms with van der Waals surface area (Å²) in [6.45, 7) is 2.25. The van der Waals surface area contributed by atoms with Crippen LogP contribution in [0.25, 0.3) is 0 Å². The van der Waals surface area contributed by atoms with Gasteiger partial charge in [-0.25, -0.2) is 0 Å². The first-order chi connectivity index (χ1) is 8.77. The van der Waals surface area contributed by atoms with Crippen molar-refractivity contribution in [2.75, 3.05) is 5.75 Å². The molecule has 0 aliphatic carbocycles. The van der Waals surface area contributed by atoms with Gasteiger partial charge in [-0.2, -0.15) is 0 Å². The van der Waals surface area contributed by atoms with E-state index in [2.05, 4.69) is 10.9 Å². The van der Waals surface area contributed by atoms with Crippen molar-refractivity contribution in [1.82, 2.24) is 0 Å². The van der Waals surface area contributed by atoms with Gasteiger partial charge in [0.1, 0.15) is 0 Å². The van der Waals surface area contributed by atoms with Crippen molar-refractivity contribution < 1.29 is 13.8 Å². The quantitative estimate of drug-likeness (QED) is 0.277. The van der Waals surface area contributed by atoms with E-state index in [0.29, 0.717) is 0 Å². The minimum Gasteiger partial charge on any atom is -0.819 e. The lowest BCUT2D eigenvalue weighted by Gasteiger charge is -2.27. The molecule has 18 heavy (non-hydrogen) atoms. The van der Waals surface area contributed by atoms with E-state index in [9.17, 15) is 9.79 Å². The lowest BCUT2D eigenvalue weighted by atomic mass is 10.1. The first-order valence-electron chi connectivity index (χ1n) is 7.21. The van der Waals surface area contributed by atoms with Crippen LogP contribution in [0.3, 0.4) is 0 Å². The van der Waals surface area contributed by atoms with Crippen LogP contribution in [0.1, 0.15) is 77.6 Å². The summed E-state index contributed by atoms with van der Waals surface area (Å²) < 4.78 is 4.40. The van der Waals surface area contributed by atoms with Gasteiger partial charge in [0.15, 0.2) is 0 Å². The fraction of sp³-hybridized carbons (Fsp3) is 1.00. The van der Waals surface area contributed by atoms with Crippen molar-refractivity contribution in [3.8, 4) is 0 Å². The van der Waals surface area contributed by atoms with Crippen LogP contribution >= 0.6 is 20.6 Å². The molecule has 110 valence electrons. The monoisotopic (exact) mass is 294 g/mol. The largest absolute Gasteiger partial charge is 0.819 e. The molecule has 0 unspecified atom stereocenters. The Morgan fingerprint density at radius 1 is 0.778 bits per heavy atom. The van der Waals surface area contributed by atoms with Gasteiger partial charge in [-0.15, -0.1) is 8.60 Å². The minimum atomic E-state index is -2.68. The maximum Gasteiger partial charge on any atom is 0.0200 e. The first-order valence-corrected chi connectivity index (χ1v) is 9.22.